The Morgan fingerprint density at radius 1 is 0.684 bits per heavy atom. The molecule has 0 heterocycles. The molecule has 13 nitrogen and oxygen atoms in total. The zero-order valence-corrected chi connectivity index (χ0v) is 34.5. The molecule has 3 rings (SSSR count). The van der Waals surface area contributed by atoms with Crippen molar-refractivity contribution in [1.82, 2.24) is 26.2 Å². The second kappa shape index (κ2) is 22.3. The maximum Gasteiger partial charge on any atom is 0.407 e. The van der Waals surface area contributed by atoms with Crippen molar-refractivity contribution in [2.24, 2.45) is 11.8 Å². The molecule has 310 valence electrons. The van der Waals surface area contributed by atoms with Crippen molar-refractivity contribution < 1.29 is 38.6 Å². The number of ether oxygens (including phenoxy) is 2. The zero-order valence-electron chi connectivity index (χ0n) is 34.5. The molecule has 0 radical (unpaired) electrons. The Morgan fingerprint density at radius 3 is 1.70 bits per heavy atom. The van der Waals surface area contributed by atoms with Gasteiger partial charge < -0.3 is 40.7 Å². The van der Waals surface area contributed by atoms with Gasteiger partial charge in [0, 0.05) is 13.0 Å². The van der Waals surface area contributed by atoms with E-state index in [1.165, 1.54) is 12.0 Å². The van der Waals surface area contributed by atoms with Gasteiger partial charge in [-0.1, -0.05) is 119 Å². The fraction of sp³-hybridized carbons (Fsp3) is 0.477. The largest absolute Gasteiger partial charge is 0.467 e. The molecule has 3 aromatic rings. The molecular weight excluding hydrogens is 727 g/mol. The van der Waals surface area contributed by atoms with Gasteiger partial charge in [-0.3, -0.25) is 9.59 Å². The number of aliphatic hydroxyl groups excluding tert-OH is 1. The van der Waals surface area contributed by atoms with E-state index in [9.17, 15) is 29.1 Å². The molecule has 0 saturated carbocycles. The number of aliphatic hydroxyl groups is 1. The number of rotatable bonds is 19. The number of urea groups is 1. The van der Waals surface area contributed by atoms with Crippen LogP contribution < -0.4 is 21.3 Å². The molecule has 0 aromatic heterocycles. The summed E-state index contributed by atoms with van der Waals surface area (Å²) < 4.78 is 10.5. The summed E-state index contributed by atoms with van der Waals surface area (Å²) >= 11 is 0. The van der Waals surface area contributed by atoms with E-state index < -0.39 is 65.8 Å². The summed E-state index contributed by atoms with van der Waals surface area (Å²) in [5.41, 5.74) is 1.66. The predicted molar refractivity (Wildman–Crippen MR) is 219 cm³/mol. The fourth-order valence-corrected chi connectivity index (χ4v) is 6.17. The van der Waals surface area contributed by atoms with Crippen molar-refractivity contribution in [3.8, 4) is 0 Å². The van der Waals surface area contributed by atoms with Crippen LogP contribution in [0.25, 0.3) is 0 Å². The van der Waals surface area contributed by atoms with Crippen LogP contribution in [0.1, 0.15) is 71.6 Å². The van der Waals surface area contributed by atoms with Crippen LogP contribution in [0.3, 0.4) is 0 Å². The molecule has 0 unspecified atom stereocenters. The van der Waals surface area contributed by atoms with Crippen LogP contribution in [0.5, 0.6) is 0 Å². The minimum atomic E-state index is -1.25. The Hall–Kier alpha value is -5.43. The van der Waals surface area contributed by atoms with E-state index in [0.717, 1.165) is 16.7 Å². The van der Waals surface area contributed by atoms with E-state index in [1.807, 2.05) is 105 Å². The van der Waals surface area contributed by atoms with Crippen LogP contribution in [-0.2, 0) is 43.2 Å². The Balaban J connectivity index is 1.86. The van der Waals surface area contributed by atoms with E-state index in [0.29, 0.717) is 0 Å². The lowest BCUT2D eigenvalue weighted by Gasteiger charge is -2.32. The molecule has 0 aliphatic rings. The maximum absolute atomic E-state index is 14.2. The van der Waals surface area contributed by atoms with Crippen molar-refractivity contribution in [3.63, 3.8) is 0 Å². The highest BCUT2D eigenvalue weighted by Gasteiger charge is 2.34. The summed E-state index contributed by atoms with van der Waals surface area (Å²) in [7, 11) is 1.24. The zero-order chi connectivity index (χ0) is 42.1. The van der Waals surface area contributed by atoms with E-state index in [1.54, 1.807) is 34.6 Å². The lowest BCUT2D eigenvalue weighted by Crippen LogP contribution is -2.59. The van der Waals surface area contributed by atoms with Gasteiger partial charge in [0.05, 0.1) is 25.8 Å². The number of esters is 1. The fourth-order valence-electron chi connectivity index (χ4n) is 6.17. The van der Waals surface area contributed by atoms with E-state index >= 15 is 0 Å². The highest BCUT2D eigenvalue weighted by molar-refractivity contribution is 5.93. The van der Waals surface area contributed by atoms with E-state index in [2.05, 4.69) is 21.3 Å². The maximum atomic E-state index is 14.2. The van der Waals surface area contributed by atoms with Crippen molar-refractivity contribution in [2.45, 2.75) is 110 Å². The van der Waals surface area contributed by atoms with Gasteiger partial charge in [-0.05, 0) is 62.1 Å². The minimum Gasteiger partial charge on any atom is -0.467 e. The Kier molecular flexibility index (Phi) is 18.0. The van der Waals surface area contributed by atoms with Crippen LogP contribution in [0.4, 0.5) is 9.59 Å². The first-order valence-corrected chi connectivity index (χ1v) is 19.5. The van der Waals surface area contributed by atoms with Gasteiger partial charge >= 0.3 is 18.1 Å². The van der Waals surface area contributed by atoms with Gasteiger partial charge in [-0.2, -0.15) is 0 Å². The van der Waals surface area contributed by atoms with Crippen LogP contribution >= 0.6 is 0 Å². The normalized spacial score (nSPS) is 14.0. The SMILES string of the molecule is COC(=O)[C@H](Cc1ccccc1)NC(=O)[C@@H](NC(=O)[C@H](CC(C)C)NC(=O)N(Cc1ccccc1)C[C@@H](O)[C@H](Cc1ccccc1)NC(=O)OC(C)(C)C)C(C)C. The molecule has 0 fully saturated rings. The van der Waals surface area contributed by atoms with Crippen LogP contribution in [0.15, 0.2) is 91.0 Å². The molecule has 5 amide bonds. The third kappa shape index (κ3) is 16.3. The summed E-state index contributed by atoms with van der Waals surface area (Å²) in [4.78, 5) is 69.0. The summed E-state index contributed by atoms with van der Waals surface area (Å²) in [6, 6.07) is 23.1. The number of carbonyl (C=O) groups excluding carboxylic acids is 5. The quantitative estimate of drug-likeness (QED) is 0.104. The van der Waals surface area contributed by atoms with E-state index in [-0.39, 0.29) is 44.2 Å². The highest BCUT2D eigenvalue weighted by Crippen LogP contribution is 2.15. The standard InChI is InChI=1S/C44H61N5O8/c1-29(2)24-35(39(51)48-38(30(3)4)40(52)45-36(41(53)56-8)26-32-20-14-10-15-21-32)46-42(54)49(27-33-22-16-11-17-23-33)28-37(50)34(25-31-18-12-9-13-19-31)47-43(55)57-44(5,6)7/h9-23,29-30,34-38,50H,24-28H2,1-8H3,(H,45,52)(H,46,54)(H,47,55)(H,48,51)/t34-,35-,36-,37+,38-/m0/s1. The Morgan fingerprint density at radius 2 is 1.21 bits per heavy atom. The number of amides is 5. The molecule has 0 aliphatic heterocycles. The number of hydrogen-bond acceptors (Lipinski definition) is 8. The second-order valence-corrected chi connectivity index (χ2v) is 16.0. The molecule has 0 aliphatic carbocycles. The van der Waals surface area contributed by atoms with E-state index in [4.69, 9.17) is 9.47 Å². The van der Waals surface area contributed by atoms with Crippen molar-refractivity contribution in [1.29, 1.82) is 0 Å². The number of nitrogens with zero attached hydrogens (tertiary/aromatic N) is 1. The number of carbonyl (C=O) groups is 5. The minimum absolute atomic E-state index is 0.0385. The average Bonchev–Trinajstić information content (AvgIpc) is 3.15. The molecule has 13 heteroatoms. The first kappa shape index (κ1) is 46.0. The number of alkyl carbamates (subject to hydrolysis) is 1. The first-order valence-electron chi connectivity index (χ1n) is 19.5. The Labute approximate surface area is 337 Å². The summed E-state index contributed by atoms with van der Waals surface area (Å²) in [6.07, 6.45) is -1.29. The van der Waals surface area contributed by atoms with Crippen LogP contribution in [0.2, 0.25) is 0 Å². The lowest BCUT2D eigenvalue weighted by atomic mass is 9.99. The van der Waals surface area contributed by atoms with Crippen LogP contribution in [0, 0.1) is 11.8 Å². The lowest BCUT2D eigenvalue weighted by molar-refractivity contribution is -0.145. The monoisotopic (exact) mass is 787 g/mol. The van der Waals surface area contributed by atoms with Crippen molar-refractivity contribution in [3.05, 3.63) is 108 Å². The molecule has 5 N–H and O–H groups in total. The van der Waals surface area contributed by atoms with Gasteiger partial charge in [-0.25, -0.2) is 14.4 Å². The number of benzene rings is 3. The number of methoxy groups -OCH3 is 1. The smallest absolute Gasteiger partial charge is 0.407 e. The number of nitrogens with one attached hydrogen (secondary N) is 4. The molecule has 57 heavy (non-hydrogen) atoms. The first-order chi connectivity index (χ1) is 26.9. The molecule has 5 atom stereocenters. The second-order valence-electron chi connectivity index (χ2n) is 16.0. The Bertz CT molecular complexity index is 1720. The van der Waals surface area contributed by atoms with Gasteiger partial charge in [0.25, 0.3) is 0 Å². The molecule has 0 saturated heterocycles. The summed E-state index contributed by atoms with van der Waals surface area (Å²) in [5.74, 6) is -2.21. The topological polar surface area (TPSA) is 175 Å². The number of hydrogen-bond donors (Lipinski definition) is 5. The van der Waals surface area contributed by atoms with Gasteiger partial charge in [-0.15, -0.1) is 0 Å². The molecule has 0 bridgehead atoms. The van der Waals surface area contributed by atoms with Crippen LogP contribution in [-0.4, -0.2) is 89.4 Å². The molecule has 3 aromatic carbocycles. The predicted octanol–water partition coefficient (Wildman–Crippen LogP) is 5.15. The summed E-state index contributed by atoms with van der Waals surface area (Å²) in [5, 5.41) is 23.0. The van der Waals surface area contributed by atoms with Gasteiger partial charge in [0.1, 0.15) is 23.7 Å². The highest BCUT2D eigenvalue weighted by atomic mass is 16.6. The molecule has 0 spiro atoms. The average molecular weight is 788 g/mol. The van der Waals surface area contributed by atoms with Crippen molar-refractivity contribution >= 4 is 29.9 Å². The third-order valence-electron chi connectivity index (χ3n) is 9.03. The molecular formula is C44H61N5O8. The van der Waals surface area contributed by atoms with Crippen molar-refractivity contribution in [2.75, 3.05) is 13.7 Å². The van der Waals surface area contributed by atoms with Gasteiger partial charge in [0.2, 0.25) is 11.8 Å². The third-order valence-corrected chi connectivity index (χ3v) is 9.03. The van der Waals surface area contributed by atoms with Gasteiger partial charge in [0.15, 0.2) is 0 Å². The summed E-state index contributed by atoms with van der Waals surface area (Å²) in [6.45, 7) is 12.5.